The van der Waals surface area contributed by atoms with Crippen molar-refractivity contribution in [2.75, 3.05) is 12.3 Å². The third-order valence-corrected chi connectivity index (χ3v) is 6.92. The van der Waals surface area contributed by atoms with E-state index in [0.29, 0.717) is 28.4 Å². The molecule has 1 fully saturated rings. The zero-order chi connectivity index (χ0) is 23.8. The first kappa shape index (κ1) is 23.6. The maximum absolute atomic E-state index is 13.1. The van der Waals surface area contributed by atoms with Crippen molar-refractivity contribution in [3.8, 4) is 0 Å². The molecule has 3 aromatic rings. The number of hydrogen-bond donors (Lipinski definition) is 0. The van der Waals surface area contributed by atoms with Crippen molar-refractivity contribution >= 4 is 34.3 Å². The van der Waals surface area contributed by atoms with Crippen molar-refractivity contribution in [2.45, 2.75) is 63.5 Å². The van der Waals surface area contributed by atoms with Crippen LogP contribution < -0.4 is 5.56 Å². The molecule has 0 bridgehead atoms. The summed E-state index contributed by atoms with van der Waals surface area (Å²) in [4.78, 5) is 26.8. The van der Waals surface area contributed by atoms with Crippen LogP contribution in [0.5, 0.6) is 0 Å². The van der Waals surface area contributed by atoms with Gasteiger partial charge in [0.25, 0.3) is 5.56 Å². The highest BCUT2D eigenvalue weighted by Crippen LogP contribution is 2.36. The number of rotatable bonds is 9. The van der Waals surface area contributed by atoms with Crippen molar-refractivity contribution in [3.05, 3.63) is 34.6 Å². The average molecular weight is 482 g/mol. The summed E-state index contributed by atoms with van der Waals surface area (Å²) >= 11 is 1.04. The SMILES string of the molecule is CCCCn1c(=O)c2ccccc2n2c(SCC(=O)N(CC(F)(F)F)C(C)C3CC3)nnc12. The molecular weight excluding hydrogens is 455 g/mol. The minimum atomic E-state index is -4.46. The second-order valence-electron chi connectivity index (χ2n) is 8.45. The van der Waals surface area contributed by atoms with Crippen LogP contribution in [0, 0.1) is 5.92 Å². The van der Waals surface area contributed by atoms with E-state index >= 15 is 0 Å². The highest BCUT2D eigenvalue weighted by molar-refractivity contribution is 7.99. The van der Waals surface area contributed by atoms with Gasteiger partial charge in [-0.25, -0.2) is 0 Å². The predicted molar refractivity (Wildman–Crippen MR) is 120 cm³/mol. The summed E-state index contributed by atoms with van der Waals surface area (Å²) < 4.78 is 42.7. The van der Waals surface area contributed by atoms with Gasteiger partial charge < -0.3 is 4.90 Å². The lowest BCUT2D eigenvalue weighted by Crippen LogP contribution is -2.46. The number of benzene rings is 1. The molecule has 1 unspecified atom stereocenters. The number of carbonyl (C=O) groups excluding carboxylic acids is 1. The van der Waals surface area contributed by atoms with E-state index in [-0.39, 0.29) is 17.2 Å². The van der Waals surface area contributed by atoms with Crippen molar-refractivity contribution in [2.24, 2.45) is 5.92 Å². The molecule has 0 N–H and O–H groups in total. The number of thioether (sulfide) groups is 1. The molecule has 0 spiro atoms. The highest BCUT2D eigenvalue weighted by Gasteiger charge is 2.40. The van der Waals surface area contributed by atoms with Gasteiger partial charge in [0.1, 0.15) is 6.54 Å². The molecule has 0 aliphatic heterocycles. The molecule has 2 aromatic heterocycles. The number of fused-ring (bicyclic) bond motifs is 3. The summed E-state index contributed by atoms with van der Waals surface area (Å²) in [5, 5.41) is 9.23. The Morgan fingerprint density at radius 1 is 1.27 bits per heavy atom. The largest absolute Gasteiger partial charge is 0.406 e. The minimum Gasteiger partial charge on any atom is -0.330 e. The van der Waals surface area contributed by atoms with E-state index in [1.807, 2.05) is 6.92 Å². The van der Waals surface area contributed by atoms with E-state index in [2.05, 4.69) is 10.2 Å². The summed E-state index contributed by atoms with van der Waals surface area (Å²) in [6.07, 6.45) is -1.11. The van der Waals surface area contributed by atoms with E-state index in [4.69, 9.17) is 0 Å². The second-order valence-corrected chi connectivity index (χ2v) is 9.39. The molecule has 11 heteroatoms. The maximum atomic E-state index is 13.1. The van der Waals surface area contributed by atoms with Crippen LogP contribution in [0.2, 0.25) is 0 Å². The van der Waals surface area contributed by atoms with E-state index < -0.39 is 24.7 Å². The van der Waals surface area contributed by atoms with Gasteiger partial charge in [-0.05, 0) is 44.2 Å². The molecule has 1 saturated carbocycles. The van der Waals surface area contributed by atoms with Crippen LogP contribution in [0.25, 0.3) is 16.7 Å². The number of amides is 1. The van der Waals surface area contributed by atoms with Gasteiger partial charge >= 0.3 is 6.18 Å². The first-order valence-corrected chi connectivity index (χ1v) is 12.1. The molecule has 0 saturated heterocycles. The van der Waals surface area contributed by atoms with Gasteiger partial charge in [0.05, 0.1) is 16.7 Å². The van der Waals surface area contributed by atoms with Crippen LogP contribution in [0.15, 0.2) is 34.2 Å². The Kier molecular flexibility index (Phi) is 6.69. The van der Waals surface area contributed by atoms with Crippen LogP contribution in [-0.2, 0) is 11.3 Å². The Bertz CT molecular complexity index is 1220. The van der Waals surface area contributed by atoms with Crippen molar-refractivity contribution in [1.82, 2.24) is 24.1 Å². The summed E-state index contributed by atoms with van der Waals surface area (Å²) in [6, 6.07) is 6.60. The summed E-state index contributed by atoms with van der Waals surface area (Å²) in [5.74, 6) is -0.305. The number of alkyl halides is 3. The molecule has 4 rings (SSSR count). The molecule has 0 radical (unpaired) electrons. The molecule has 1 aliphatic carbocycles. The quantitative estimate of drug-likeness (QED) is 0.430. The highest BCUT2D eigenvalue weighted by atomic mass is 32.2. The minimum absolute atomic E-state index is 0.118. The fourth-order valence-corrected chi connectivity index (χ4v) is 4.87. The zero-order valence-corrected chi connectivity index (χ0v) is 19.3. The number of aromatic nitrogens is 4. The molecule has 1 aliphatic rings. The monoisotopic (exact) mass is 481 g/mol. The molecule has 1 aromatic carbocycles. The van der Waals surface area contributed by atoms with Gasteiger partial charge in [0.15, 0.2) is 5.16 Å². The molecule has 7 nitrogen and oxygen atoms in total. The standard InChI is InChI=1S/C22H26F3N5O2S/c1-3-4-11-28-19(32)16-7-5-6-8-17(16)30-20(28)26-27-21(30)33-12-18(31)29(13-22(23,24)25)14(2)15-9-10-15/h5-8,14-15H,3-4,9-13H2,1-2H3. The smallest absolute Gasteiger partial charge is 0.330 e. The normalized spacial score (nSPS) is 15.3. The van der Waals surface area contributed by atoms with Gasteiger partial charge in [-0.2, -0.15) is 13.2 Å². The van der Waals surface area contributed by atoms with Gasteiger partial charge in [-0.15, -0.1) is 10.2 Å². The molecule has 1 atom stereocenters. The van der Waals surface area contributed by atoms with Crippen molar-refractivity contribution in [1.29, 1.82) is 0 Å². The fourth-order valence-electron chi connectivity index (χ4n) is 4.04. The number of nitrogens with zero attached hydrogens (tertiary/aromatic N) is 5. The zero-order valence-electron chi connectivity index (χ0n) is 18.5. The third-order valence-electron chi connectivity index (χ3n) is 6.00. The summed E-state index contributed by atoms with van der Waals surface area (Å²) in [5.41, 5.74) is 0.435. The number of carbonyl (C=O) groups is 1. The first-order valence-electron chi connectivity index (χ1n) is 11.1. The maximum Gasteiger partial charge on any atom is 0.406 e. The van der Waals surface area contributed by atoms with E-state index in [1.54, 1.807) is 40.2 Å². The number of halogens is 3. The van der Waals surface area contributed by atoms with Crippen LogP contribution in [0.1, 0.15) is 39.5 Å². The number of unbranched alkanes of at least 4 members (excludes halogenated alkanes) is 1. The second kappa shape index (κ2) is 9.36. The molecule has 1 amide bonds. The lowest BCUT2D eigenvalue weighted by atomic mass is 10.2. The van der Waals surface area contributed by atoms with E-state index in [9.17, 15) is 22.8 Å². The first-order chi connectivity index (χ1) is 15.7. The fraction of sp³-hybridized carbons (Fsp3) is 0.545. The van der Waals surface area contributed by atoms with Crippen LogP contribution >= 0.6 is 11.8 Å². The van der Waals surface area contributed by atoms with E-state index in [0.717, 1.165) is 42.3 Å². The lowest BCUT2D eigenvalue weighted by Gasteiger charge is -2.30. The average Bonchev–Trinajstić information content (AvgIpc) is 3.54. The number of hydrogen-bond acceptors (Lipinski definition) is 5. The van der Waals surface area contributed by atoms with Crippen LogP contribution in [0.4, 0.5) is 13.2 Å². The van der Waals surface area contributed by atoms with E-state index in [1.165, 1.54) is 0 Å². The lowest BCUT2D eigenvalue weighted by molar-refractivity contribution is -0.164. The number of aryl methyl sites for hydroxylation is 1. The van der Waals surface area contributed by atoms with Gasteiger partial charge in [-0.1, -0.05) is 37.2 Å². The van der Waals surface area contributed by atoms with Crippen LogP contribution in [0.3, 0.4) is 0 Å². The molecule has 2 heterocycles. The summed E-state index contributed by atoms with van der Waals surface area (Å²) in [7, 11) is 0. The molecule has 33 heavy (non-hydrogen) atoms. The Balaban J connectivity index is 1.65. The van der Waals surface area contributed by atoms with Gasteiger partial charge in [0.2, 0.25) is 11.7 Å². The molecule has 178 valence electrons. The Morgan fingerprint density at radius 3 is 2.67 bits per heavy atom. The van der Waals surface area contributed by atoms with Crippen molar-refractivity contribution in [3.63, 3.8) is 0 Å². The Labute approximate surface area is 193 Å². The predicted octanol–water partition coefficient (Wildman–Crippen LogP) is 4.13. The molecular formula is C22H26F3N5O2S. The van der Waals surface area contributed by atoms with Gasteiger partial charge in [-0.3, -0.25) is 18.6 Å². The van der Waals surface area contributed by atoms with Gasteiger partial charge in [0, 0.05) is 12.6 Å². The number of para-hydroxylation sites is 1. The Morgan fingerprint density at radius 2 is 2.00 bits per heavy atom. The van der Waals surface area contributed by atoms with Crippen LogP contribution in [-0.4, -0.2) is 54.5 Å². The topological polar surface area (TPSA) is 72.5 Å². The Hall–Kier alpha value is -2.56. The third kappa shape index (κ3) is 5.02. The summed E-state index contributed by atoms with van der Waals surface area (Å²) in [6.45, 7) is 2.92. The van der Waals surface area contributed by atoms with Crippen molar-refractivity contribution < 1.29 is 18.0 Å².